The fraction of sp³-hybridized carbons (Fsp3) is 0.0476. The number of nitrogens with one attached hydrogen (secondary N) is 1. The molecule has 0 saturated heterocycles. The molecule has 0 aliphatic heterocycles. The van der Waals surface area contributed by atoms with E-state index in [2.05, 4.69) is 37.9 Å². The highest BCUT2D eigenvalue weighted by atomic mass is 79.9. The smallest absolute Gasteiger partial charge is 0.123 e. The third kappa shape index (κ3) is 3.61. The Morgan fingerprint density at radius 1 is 1.07 bits per heavy atom. The molecule has 0 atom stereocenters. The first-order valence-corrected chi connectivity index (χ1v) is 9.17. The van der Waals surface area contributed by atoms with Crippen molar-refractivity contribution in [2.24, 2.45) is 0 Å². The Morgan fingerprint density at radius 2 is 1.89 bits per heavy atom. The molecule has 2 aromatic heterocycles. The Labute approximate surface area is 164 Å². The predicted molar refractivity (Wildman–Crippen MR) is 109 cm³/mol. The van der Waals surface area contributed by atoms with Gasteiger partial charge in [-0.25, -0.2) is 14.1 Å². The summed E-state index contributed by atoms with van der Waals surface area (Å²) in [6.07, 6.45) is 3.62. The van der Waals surface area contributed by atoms with E-state index < -0.39 is 0 Å². The Balaban J connectivity index is 1.61. The standard InChI is InChI=1S/C21H16BrFN4/c1-14(24-11-15-5-10-21(22)25-12-15)18-3-2-4-20-19(18)13-26-27(20)17-8-6-16(23)7-9-17/h2-10,12-13,24H,1,11H2. The summed E-state index contributed by atoms with van der Waals surface area (Å²) >= 11 is 3.34. The molecule has 6 heteroatoms. The van der Waals surface area contributed by atoms with Crippen LogP contribution in [0.1, 0.15) is 11.1 Å². The van der Waals surface area contributed by atoms with Crippen LogP contribution < -0.4 is 5.32 Å². The van der Waals surface area contributed by atoms with Gasteiger partial charge in [-0.3, -0.25) is 0 Å². The van der Waals surface area contributed by atoms with Crippen LogP contribution in [0.2, 0.25) is 0 Å². The Hall–Kier alpha value is -2.99. The normalized spacial score (nSPS) is 10.9. The molecule has 4 aromatic rings. The lowest BCUT2D eigenvalue weighted by Crippen LogP contribution is -2.11. The van der Waals surface area contributed by atoms with Crippen LogP contribution >= 0.6 is 15.9 Å². The van der Waals surface area contributed by atoms with Crippen molar-refractivity contribution in [3.63, 3.8) is 0 Å². The maximum Gasteiger partial charge on any atom is 0.123 e. The van der Waals surface area contributed by atoms with Crippen molar-refractivity contribution in [3.8, 4) is 5.69 Å². The number of nitrogens with zero attached hydrogens (tertiary/aromatic N) is 3. The Morgan fingerprint density at radius 3 is 2.63 bits per heavy atom. The SMILES string of the molecule is C=C(NCc1ccc(Br)nc1)c1cccc2c1cnn2-c1ccc(F)cc1. The van der Waals surface area contributed by atoms with Gasteiger partial charge in [0.2, 0.25) is 0 Å². The fourth-order valence-electron chi connectivity index (χ4n) is 2.92. The van der Waals surface area contributed by atoms with E-state index in [9.17, 15) is 4.39 Å². The van der Waals surface area contributed by atoms with Gasteiger partial charge in [0.1, 0.15) is 10.4 Å². The van der Waals surface area contributed by atoms with Crippen molar-refractivity contribution in [3.05, 3.63) is 95.1 Å². The maximum absolute atomic E-state index is 13.2. The second-order valence-corrected chi connectivity index (χ2v) is 6.90. The van der Waals surface area contributed by atoms with Gasteiger partial charge in [0.25, 0.3) is 0 Å². The quantitative estimate of drug-likeness (QED) is 0.455. The third-order valence-corrected chi connectivity index (χ3v) is 4.77. The molecule has 1 N–H and O–H groups in total. The van der Waals surface area contributed by atoms with E-state index in [0.29, 0.717) is 6.54 Å². The van der Waals surface area contributed by atoms with Crippen LogP contribution in [0.5, 0.6) is 0 Å². The summed E-state index contributed by atoms with van der Waals surface area (Å²) in [5.41, 5.74) is 4.59. The highest BCUT2D eigenvalue weighted by molar-refractivity contribution is 9.10. The van der Waals surface area contributed by atoms with E-state index in [0.717, 1.165) is 38.0 Å². The van der Waals surface area contributed by atoms with Gasteiger partial charge in [-0.05, 0) is 57.9 Å². The van der Waals surface area contributed by atoms with Gasteiger partial charge in [-0.1, -0.05) is 24.8 Å². The molecule has 134 valence electrons. The number of benzene rings is 2. The molecular formula is C21H16BrFN4. The van der Waals surface area contributed by atoms with Crippen molar-refractivity contribution in [2.45, 2.75) is 6.54 Å². The van der Waals surface area contributed by atoms with E-state index in [1.807, 2.05) is 42.7 Å². The molecule has 4 nitrogen and oxygen atoms in total. The van der Waals surface area contributed by atoms with Gasteiger partial charge in [-0.15, -0.1) is 0 Å². The molecule has 2 heterocycles. The zero-order chi connectivity index (χ0) is 18.8. The molecule has 2 aromatic carbocycles. The highest BCUT2D eigenvalue weighted by Gasteiger charge is 2.10. The minimum atomic E-state index is -0.268. The average Bonchev–Trinajstić information content (AvgIpc) is 3.12. The van der Waals surface area contributed by atoms with Gasteiger partial charge in [0, 0.05) is 29.4 Å². The number of fused-ring (bicyclic) bond motifs is 1. The first-order chi connectivity index (χ1) is 13.1. The molecule has 0 saturated carbocycles. The van der Waals surface area contributed by atoms with E-state index in [1.165, 1.54) is 12.1 Å². The number of aromatic nitrogens is 3. The van der Waals surface area contributed by atoms with Crippen LogP contribution in [0.15, 0.2) is 78.2 Å². The minimum absolute atomic E-state index is 0.268. The molecule has 0 radical (unpaired) electrons. The summed E-state index contributed by atoms with van der Waals surface area (Å²) in [5, 5.41) is 8.80. The number of halogens is 2. The maximum atomic E-state index is 13.2. The molecule has 4 rings (SSSR count). The monoisotopic (exact) mass is 422 g/mol. The number of hydrogen-bond donors (Lipinski definition) is 1. The molecule has 0 aliphatic carbocycles. The lowest BCUT2D eigenvalue weighted by atomic mass is 10.1. The largest absolute Gasteiger partial charge is 0.381 e. The van der Waals surface area contributed by atoms with Crippen molar-refractivity contribution in [1.29, 1.82) is 0 Å². The summed E-state index contributed by atoms with van der Waals surface area (Å²) < 4.78 is 15.8. The zero-order valence-electron chi connectivity index (χ0n) is 14.4. The highest BCUT2D eigenvalue weighted by Crippen LogP contribution is 2.25. The first-order valence-electron chi connectivity index (χ1n) is 8.38. The molecule has 0 bridgehead atoms. The van der Waals surface area contributed by atoms with E-state index in [-0.39, 0.29) is 5.82 Å². The Kier molecular flexibility index (Phi) is 4.73. The lowest BCUT2D eigenvalue weighted by Gasteiger charge is -2.11. The second kappa shape index (κ2) is 7.32. The van der Waals surface area contributed by atoms with Crippen molar-refractivity contribution >= 4 is 32.5 Å². The summed E-state index contributed by atoms with van der Waals surface area (Å²) in [6.45, 7) is 4.80. The van der Waals surface area contributed by atoms with Crippen LogP contribution in [-0.4, -0.2) is 14.8 Å². The van der Waals surface area contributed by atoms with Crippen molar-refractivity contribution < 1.29 is 4.39 Å². The molecule has 0 unspecified atom stereocenters. The number of rotatable bonds is 5. The number of hydrogen-bond acceptors (Lipinski definition) is 3. The van der Waals surface area contributed by atoms with Gasteiger partial charge >= 0.3 is 0 Å². The molecule has 0 fully saturated rings. The van der Waals surface area contributed by atoms with Crippen molar-refractivity contribution in [2.75, 3.05) is 0 Å². The van der Waals surface area contributed by atoms with E-state index in [4.69, 9.17) is 0 Å². The predicted octanol–water partition coefficient (Wildman–Crippen LogP) is 5.08. The van der Waals surface area contributed by atoms with Gasteiger partial charge < -0.3 is 5.32 Å². The summed E-state index contributed by atoms with van der Waals surface area (Å²) in [7, 11) is 0. The summed E-state index contributed by atoms with van der Waals surface area (Å²) in [5.74, 6) is -0.268. The molecule has 0 spiro atoms. The fourth-order valence-corrected chi connectivity index (χ4v) is 3.15. The number of pyridine rings is 1. The van der Waals surface area contributed by atoms with Crippen LogP contribution in [0.3, 0.4) is 0 Å². The second-order valence-electron chi connectivity index (χ2n) is 6.09. The third-order valence-electron chi connectivity index (χ3n) is 4.30. The van der Waals surface area contributed by atoms with Crippen molar-refractivity contribution in [1.82, 2.24) is 20.1 Å². The van der Waals surface area contributed by atoms with Gasteiger partial charge in [0.15, 0.2) is 0 Å². The molecule has 0 amide bonds. The summed E-state index contributed by atoms with van der Waals surface area (Å²) in [4.78, 5) is 4.23. The lowest BCUT2D eigenvalue weighted by molar-refractivity contribution is 0.627. The van der Waals surface area contributed by atoms with Crippen LogP contribution in [-0.2, 0) is 6.54 Å². The molecule has 27 heavy (non-hydrogen) atoms. The van der Waals surface area contributed by atoms with Gasteiger partial charge in [-0.2, -0.15) is 5.10 Å². The zero-order valence-corrected chi connectivity index (χ0v) is 15.9. The van der Waals surface area contributed by atoms with Gasteiger partial charge in [0.05, 0.1) is 17.4 Å². The molecule has 0 aliphatic rings. The molecular weight excluding hydrogens is 407 g/mol. The van der Waals surface area contributed by atoms with Crippen LogP contribution in [0.25, 0.3) is 22.3 Å². The van der Waals surface area contributed by atoms with E-state index in [1.54, 1.807) is 16.8 Å². The summed E-state index contributed by atoms with van der Waals surface area (Å²) in [6, 6.07) is 16.2. The topological polar surface area (TPSA) is 42.7 Å². The Bertz CT molecular complexity index is 1100. The van der Waals surface area contributed by atoms with Crippen LogP contribution in [0.4, 0.5) is 4.39 Å². The average molecular weight is 423 g/mol. The first kappa shape index (κ1) is 17.4. The van der Waals surface area contributed by atoms with Crippen LogP contribution in [0, 0.1) is 5.82 Å². The van der Waals surface area contributed by atoms with E-state index >= 15 is 0 Å². The minimum Gasteiger partial charge on any atom is -0.381 e.